The first kappa shape index (κ1) is 8.75. The number of ether oxygens (including phenoxy) is 1. The lowest BCUT2D eigenvalue weighted by Gasteiger charge is -2.26. The molecule has 1 aromatic carbocycles. The van der Waals surface area contributed by atoms with Gasteiger partial charge in [0.1, 0.15) is 0 Å². The van der Waals surface area contributed by atoms with Crippen LogP contribution in [-0.2, 0) is 10.2 Å². The van der Waals surface area contributed by atoms with Crippen LogP contribution < -0.4 is 0 Å². The summed E-state index contributed by atoms with van der Waals surface area (Å²) in [7, 11) is 0. The van der Waals surface area contributed by atoms with Gasteiger partial charge in [0.25, 0.3) is 0 Å². The third-order valence-electron chi connectivity index (χ3n) is 3.60. The molecule has 74 valence electrons. The monoisotopic (exact) mass is 208 g/mol. The fourth-order valence-electron chi connectivity index (χ4n) is 2.84. The topological polar surface area (TPSA) is 9.23 Å². The smallest absolute Gasteiger partial charge is 0.0585 e. The third-order valence-corrected chi connectivity index (χ3v) is 3.93. The van der Waals surface area contributed by atoms with Gasteiger partial charge in [-0.15, -0.1) is 0 Å². The Kier molecular flexibility index (Phi) is 1.86. The fourth-order valence-corrected chi connectivity index (χ4v) is 3.18. The largest absolute Gasteiger partial charge is 0.377 e. The Hall–Kier alpha value is -0.530. The summed E-state index contributed by atoms with van der Waals surface area (Å²) in [5.74, 6) is 0. The molecule has 2 unspecified atom stereocenters. The van der Waals surface area contributed by atoms with Gasteiger partial charge in [0.05, 0.1) is 12.7 Å². The summed E-state index contributed by atoms with van der Waals surface area (Å²) in [6, 6.07) is 8.20. The Morgan fingerprint density at radius 3 is 2.79 bits per heavy atom. The van der Waals surface area contributed by atoms with E-state index in [-0.39, 0.29) is 5.41 Å². The molecule has 0 radical (unpaired) electrons. The molecule has 0 amide bonds. The Morgan fingerprint density at radius 1 is 1.36 bits per heavy atom. The summed E-state index contributed by atoms with van der Waals surface area (Å²) < 4.78 is 5.71. The molecule has 0 spiro atoms. The van der Waals surface area contributed by atoms with Crippen LogP contribution in [0.1, 0.15) is 24.8 Å². The van der Waals surface area contributed by atoms with Crippen molar-refractivity contribution in [2.45, 2.75) is 30.8 Å². The van der Waals surface area contributed by atoms with Gasteiger partial charge in [-0.2, -0.15) is 0 Å². The molecule has 2 fully saturated rings. The molecule has 1 nitrogen and oxygen atoms in total. The average Bonchev–Trinajstić information content (AvgIpc) is 2.79. The minimum Gasteiger partial charge on any atom is -0.377 e. The van der Waals surface area contributed by atoms with E-state index in [1.165, 1.54) is 18.4 Å². The minimum absolute atomic E-state index is 0.239. The van der Waals surface area contributed by atoms with Crippen LogP contribution in [0.4, 0.5) is 0 Å². The molecule has 0 aromatic heterocycles. The quantitative estimate of drug-likeness (QED) is 0.689. The third kappa shape index (κ3) is 1.12. The van der Waals surface area contributed by atoms with Crippen LogP contribution in [0.15, 0.2) is 24.3 Å². The summed E-state index contributed by atoms with van der Waals surface area (Å²) >= 11 is 6.24. The Labute approximate surface area is 89.0 Å². The Bertz CT molecular complexity index is 353. The van der Waals surface area contributed by atoms with Crippen molar-refractivity contribution >= 4 is 11.6 Å². The van der Waals surface area contributed by atoms with E-state index in [4.69, 9.17) is 16.3 Å². The van der Waals surface area contributed by atoms with Crippen LogP contribution in [0.25, 0.3) is 0 Å². The molecule has 1 heterocycles. The average molecular weight is 209 g/mol. The molecule has 1 saturated heterocycles. The van der Waals surface area contributed by atoms with Crippen LogP contribution in [0.5, 0.6) is 0 Å². The molecule has 1 aliphatic carbocycles. The molecule has 2 aliphatic rings. The molecule has 14 heavy (non-hydrogen) atoms. The molecule has 0 N–H and O–H groups in total. The first-order valence-electron chi connectivity index (χ1n) is 5.17. The molecule has 2 bridgehead atoms. The van der Waals surface area contributed by atoms with Gasteiger partial charge in [0.15, 0.2) is 0 Å². The van der Waals surface area contributed by atoms with Crippen molar-refractivity contribution in [1.82, 2.24) is 0 Å². The molecule has 1 saturated carbocycles. The minimum atomic E-state index is 0.239. The van der Waals surface area contributed by atoms with Crippen molar-refractivity contribution in [3.8, 4) is 0 Å². The predicted molar refractivity (Wildman–Crippen MR) is 56.7 cm³/mol. The van der Waals surface area contributed by atoms with Gasteiger partial charge in [-0.1, -0.05) is 29.8 Å². The van der Waals surface area contributed by atoms with Gasteiger partial charge in [-0.3, -0.25) is 0 Å². The van der Waals surface area contributed by atoms with Gasteiger partial charge in [-0.05, 0) is 30.9 Å². The second-order valence-corrected chi connectivity index (χ2v) is 4.84. The SMILES string of the molecule is Clc1ccccc1C12CCC(C1)OC2. The highest BCUT2D eigenvalue weighted by molar-refractivity contribution is 6.31. The number of hydrogen-bond donors (Lipinski definition) is 0. The number of benzene rings is 1. The standard InChI is InChI=1S/C12H13ClO/c13-11-4-2-1-3-10(11)12-6-5-9(7-12)14-8-12/h1-4,9H,5-8H2. The molecule has 3 rings (SSSR count). The maximum atomic E-state index is 6.24. The van der Waals surface area contributed by atoms with Gasteiger partial charge >= 0.3 is 0 Å². The lowest BCUT2D eigenvalue weighted by molar-refractivity contribution is 0.0698. The molecule has 2 heteroatoms. The number of halogens is 1. The second kappa shape index (κ2) is 2.98. The molecular formula is C12H13ClO. The van der Waals surface area contributed by atoms with Crippen molar-refractivity contribution in [1.29, 1.82) is 0 Å². The summed E-state index contributed by atoms with van der Waals surface area (Å²) in [5, 5.41) is 0.902. The van der Waals surface area contributed by atoms with Crippen molar-refractivity contribution in [2.75, 3.05) is 6.61 Å². The van der Waals surface area contributed by atoms with E-state index in [9.17, 15) is 0 Å². The van der Waals surface area contributed by atoms with E-state index in [0.717, 1.165) is 18.1 Å². The first-order chi connectivity index (χ1) is 6.80. The fraction of sp³-hybridized carbons (Fsp3) is 0.500. The summed E-state index contributed by atoms with van der Waals surface area (Å²) in [6.45, 7) is 0.862. The van der Waals surface area contributed by atoms with E-state index < -0.39 is 0 Å². The summed E-state index contributed by atoms with van der Waals surface area (Å²) in [5.41, 5.74) is 1.53. The van der Waals surface area contributed by atoms with Crippen LogP contribution in [0.3, 0.4) is 0 Å². The van der Waals surface area contributed by atoms with Gasteiger partial charge in [0.2, 0.25) is 0 Å². The van der Waals surface area contributed by atoms with E-state index in [2.05, 4.69) is 12.1 Å². The normalized spacial score (nSPS) is 35.1. The molecule has 1 aromatic rings. The van der Waals surface area contributed by atoms with Crippen LogP contribution in [0.2, 0.25) is 5.02 Å². The number of rotatable bonds is 1. The lowest BCUT2D eigenvalue weighted by atomic mass is 9.80. The lowest BCUT2D eigenvalue weighted by Crippen LogP contribution is -2.25. The van der Waals surface area contributed by atoms with Crippen molar-refractivity contribution in [3.63, 3.8) is 0 Å². The van der Waals surface area contributed by atoms with E-state index in [0.29, 0.717) is 6.10 Å². The molecule has 1 aliphatic heterocycles. The summed E-state index contributed by atoms with van der Waals surface area (Å²) in [6.07, 6.45) is 4.09. The van der Waals surface area contributed by atoms with Gasteiger partial charge in [0, 0.05) is 10.4 Å². The first-order valence-corrected chi connectivity index (χ1v) is 5.55. The maximum Gasteiger partial charge on any atom is 0.0585 e. The van der Waals surface area contributed by atoms with Gasteiger partial charge < -0.3 is 4.74 Å². The van der Waals surface area contributed by atoms with Crippen LogP contribution in [-0.4, -0.2) is 12.7 Å². The molecule has 2 atom stereocenters. The highest BCUT2D eigenvalue weighted by Gasteiger charge is 2.47. The van der Waals surface area contributed by atoms with E-state index in [1.807, 2.05) is 12.1 Å². The predicted octanol–water partition coefficient (Wildman–Crippen LogP) is 3.16. The maximum absolute atomic E-state index is 6.24. The number of fused-ring (bicyclic) bond motifs is 2. The van der Waals surface area contributed by atoms with E-state index in [1.54, 1.807) is 0 Å². The van der Waals surface area contributed by atoms with Crippen molar-refractivity contribution in [3.05, 3.63) is 34.9 Å². The number of hydrogen-bond acceptors (Lipinski definition) is 1. The van der Waals surface area contributed by atoms with Gasteiger partial charge in [-0.25, -0.2) is 0 Å². The van der Waals surface area contributed by atoms with Crippen molar-refractivity contribution in [2.24, 2.45) is 0 Å². The van der Waals surface area contributed by atoms with E-state index >= 15 is 0 Å². The highest BCUT2D eigenvalue weighted by Crippen LogP contribution is 2.49. The Balaban J connectivity index is 2.06. The van der Waals surface area contributed by atoms with Crippen LogP contribution >= 0.6 is 11.6 Å². The van der Waals surface area contributed by atoms with Crippen LogP contribution in [0, 0.1) is 0 Å². The summed E-state index contributed by atoms with van der Waals surface area (Å²) in [4.78, 5) is 0. The van der Waals surface area contributed by atoms with Crippen molar-refractivity contribution < 1.29 is 4.74 Å². The Morgan fingerprint density at radius 2 is 2.21 bits per heavy atom. The zero-order valence-electron chi connectivity index (χ0n) is 8.00. The highest BCUT2D eigenvalue weighted by atomic mass is 35.5. The second-order valence-electron chi connectivity index (χ2n) is 4.44. The zero-order chi connectivity index (χ0) is 9.60. The molecular weight excluding hydrogens is 196 g/mol. The zero-order valence-corrected chi connectivity index (χ0v) is 8.76.